The van der Waals surface area contributed by atoms with Crippen LogP contribution in [0.2, 0.25) is 15.2 Å². The van der Waals surface area contributed by atoms with Crippen LogP contribution in [0.4, 0.5) is 5.82 Å². The standard InChI is InChI=1S/C13H5Br2Cl3N4O/c14-6-1-5(11(23)8(15)2-6)4-20-22-13-10(17)9(16)7(3-19)12(18)21-13/h1-2,4,23H,(H,21,22)/b20-4-. The number of phenolic OH excluding ortho intramolecular Hbond substituents is 1. The highest BCUT2D eigenvalue weighted by Crippen LogP contribution is 2.35. The van der Waals surface area contributed by atoms with Crippen molar-refractivity contribution in [3.8, 4) is 11.8 Å². The summed E-state index contributed by atoms with van der Waals surface area (Å²) in [6.45, 7) is 0. The van der Waals surface area contributed by atoms with Crippen LogP contribution >= 0.6 is 66.7 Å². The number of anilines is 1. The molecule has 10 heteroatoms. The predicted octanol–water partition coefficient (Wildman–Crippen LogP) is 5.59. The molecule has 0 aliphatic carbocycles. The Labute approximate surface area is 163 Å². The number of hydrogen-bond acceptors (Lipinski definition) is 5. The molecule has 118 valence electrons. The number of halogens is 5. The molecule has 2 N–H and O–H groups in total. The molecule has 0 radical (unpaired) electrons. The third-order valence-corrected chi connectivity index (χ3v) is 4.76. The summed E-state index contributed by atoms with van der Waals surface area (Å²) in [6, 6.07) is 5.17. The molecule has 0 saturated heterocycles. The molecule has 0 fully saturated rings. The maximum atomic E-state index is 9.92. The number of pyridine rings is 1. The normalized spacial score (nSPS) is 10.8. The van der Waals surface area contributed by atoms with Gasteiger partial charge in [-0.3, -0.25) is 5.43 Å². The topological polar surface area (TPSA) is 81.3 Å². The van der Waals surface area contributed by atoms with Gasteiger partial charge in [0.05, 0.1) is 15.7 Å². The molecule has 0 amide bonds. The summed E-state index contributed by atoms with van der Waals surface area (Å²) in [5.41, 5.74) is 3.00. The summed E-state index contributed by atoms with van der Waals surface area (Å²) >= 11 is 24.3. The SMILES string of the molecule is N#Cc1c(Cl)nc(N/N=C\c2cc(Br)cc(Br)c2O)c(Cl)c1Cl. The summed E-state index contributed by atoms with van der Waals surface area (Å²) in [4.78, 5) is 3.91. The van der Waals surface area contributed by atoms with Crippen LogP contribution in [0.5, 0.6) is 5.75 Å². The van der Waals surface area contributed by atoms with E-state index in [0.717, 1.165) is 4.47 Å². The predicted molar refractivity (Wildman–Crippen MR) is 98.7 cm³/mol. The Kier molecular flexibility index (Phi) is 6.12. The summed E-state index contributed by atoms with van der Waals surface area (Å²) in [6.07, 6.45) is 1.36. The number of nitrogens with one attached hydrogen (secondary N) is 1. The van der Waals surface area contributed by atoms with Crippen LogP contribution in [0.3, 0.4) is 0 Å². The summed E-state index contributed by atoms with van der Waals surface area (Å²) in [5.74, 6) is 0.110. The molecule has 0 bridgehead atoms. The van der Waals surface area contributed by atoms with Crippen molar-refractivity contribution < 1.29 is 5.11 Å². The molecule has 2 rings (SSSR count). The van der Waals surface area contributed by atoms with Crippen LogP contribution < -0.4 is 5.43 Å². The van der Waals surface area contributed by atoms with Gasteiger partial charge in [0.2, 0.25) is 0 Å². The van der Waals surface area contributed by atoms with Gasteiger partial charge >= 0.3 is 0 Å². The first-order chi connectivity index (χ1) is 10.8. The first kappa shape index (κ1) is 18.3. The molecule has 1 heterocycles. The zero-order valence-corrected chi connectivity index (χ0v) is 16.4. The second-order valence-corrected chi connectivity index (χ2v) is 6.95. The van der Waals surface area contributed by atoms with E-state index in [1.807, 2.05) is 6.07 Å². The number of nitrogens with zero attached hydrogens (tertiary/aromatic N) is 3. The van der Waals surface area contributed by atoms with E-state index in [4.69, 9.17) is 40.1 Å². The molecule has 0 atom stereocenters. The molecule has 0 saturated carbocycles. The van der Waals surface area contributed by atoms with Crippen molar-refractivity contribution in [2.75, 3.05) is 5.43 Å². The molecule has 1 aromatic heterocycles. The Balaban J connectivity index is 2.31. The molecule has 0 aliphatic heterocycles. The highest BCUT2D eigenvalue weighted by atomic mass is 79.9. The van der Waals surface area contributed by atoms with Gasteiger partial charge in [-0.2, -0.15) is 10.4 Å². The lowest BCUT2D eigenvalue weighted by atomic mass is 10.2. The van der Waals surface area contributed by atoms with E-state index in [9.17, 15) is 5.11 Å². The molecule has 0 aliphatic rings. The fourth-order valence-corrected chi connectivity index (χ4v) is 3.45. The van der Waals surface area contributed by atoms with Gasteiger partial charge in [0.25, 0.3) is 0 Å². The molecule has 2 aromatic rings. The number of aromatic nitrogens is 1. The van der Waals surface area contributed by atoms with E-state index in [2.05, 4.69) is 47.4 Å². The summed E-state index contributed by atoms with van der Waals surface area (Å²) < 4.78 is 1.26. The molecular weight excluding hydrogens is 494 g/mol. The van der Waals surface area contributed by atoms with Gasteiger partial charge in [0.15, 0.2) is 11.0 Å². The first-order valence-electron chi connectivity index (χ1n) is 5.76. The Hall–Kier alpha value is -1.04. The minimum Gasteiger partial charge on any atom is -0.506 e. The van der Waals surface area contributed by atoms with Crippen molar-refractivity contribution in [1.82, 2.24) is 4.98 Å². The number of benzene rings is 1. The Bertz CT molecular complexity index is 852. The zero-order chi connectivity index (χ0) is 17.1. The number of aromatic hydroxyl groups is 1. The van der Waals surface area contributed by atoms with Gasteiger partial charge in [0.1, 0.15) is 22.4 Å². The minimum atomic E-state index is -0.0901. The van der Waals surface area contributed by atoms with Crippen LogP contribution in [0.25, 0.3) is 0 Å². The second kappa shape index (κ2) is 7.69. The number of phenols is 1. The number of rotatable bonds is 3. The van der Waals surface area contributed by atoms with Gasteiger partial charge in [-0.05, 0) is 28.1 Å². The first-order valence-corrected chi connectivity index (χ1v) is 8.48. The lowest BCUT2D eigenvalue weighted by Gasteiger charge is -2.07. The van der Waals surface area contributed by atoms with Crippen molar-refractivity contribution >= 4 is 78.7 Å². The molecule has 0 spiro atoms. The second-order valence-electron chi connectivity index (χ2n) is 4.06. The summed E-state index contributed by atoms with van der Waals surface area (Å²) in [5, 5.41) is 22.7. The highest BCUT2D eigenvalue weighted by molar-refractivity contribution is 9.11. The fraction of sp³-hybridized carbons (Fsp3) is 0. The highest BCUT2D eigenvalue weighted by Gasteiger charge is 2.16. The smallest absolute Gasteiger partial charge is 0.168 e. The van der Waals surface area contributed by atoms with Crippen LogP contribution in [0.15, 0.2) is 26.2 Å². The zero-order valence-electron chi connectivity index (χ0n) is 10.9. The van der Waals surface area contributed by atoms with Crippen molar-refractivity contribution in [3.63, 3.8) is 0 Å². The third kappa shape index (κ3) is 4.08. The number of nitriles is 1. The Morgan fingerprint density at radius 1 is 1.26 bits per heavy atom. The van der Waals surface area contributed by atoms with Gasteiger partial charge in [0, 0.05) is 10.0 Å². The summed E-state index contributed by atoms with van der Waals surface area (Å²) in [7, 11) is 0. The molecule has 5 nitrogen and oxygen atoms in total. The van der Waals surface area contributed by atoms with Crippen LogP contribution in [-0.2, 0) is 0 Å². The van der Waals surface area contributed by atoms with Crippen molar-refractivity contribution in [3.05, 3.63) is 47.4 Å². The van der Waals surface area contributed by atoms with Gasteiger partial charge < -0.3 is 5.11 Å². The lowest BCUT2D eigenvalue weighted by molar-refractivity contribution is 0.471. The van der Waals surface area contributed by atoms with E-state index in [-0.39, 0.29) is 32.3 Å². The van der Waals surface area contributed by atoms with Gasteiger partial charge in [-0.15, -0.1) is 0 Å². The maximum absolute atomic E-state index is 9.92. The quantitative estimate of drug-likeness (QED) is 0.328. The minimum absolute atomic E-state index is 0.0126. The largest absolute Gasteiger partial charge is 0.506 e. The lowest BCUT2D eigenvalue weighted by Crippen LogP contribution is -1.98. The van der Waals surface area contributed by atoms with Crippen molar-refractivity contribution in [2.24, 2.45) is 5.10 Å². The van der Waals surface area contributed by atoms with E-state index in [0.29, 0.717) is 10.0 Å². The van der Waals surface area contributed by atoms with Crippen LogP contribution in [0.1, 0.15) is 11.1 Å². The number of hydrazone groups is 1. The molecular formula is C13H5Br2Cl3N4O. The average molecular weight is 499 g/mol. The van der Waals surface area contributed by atoms with E-state index < -0.39 is 0 Å². The third-order valence-electron chi connectivity index (χ3n) is 2.58. The maximum Gasteiger partial charge on any atom is 0.168 e. The van der Waals surface area contributed by atoms with Crippen molar-refractivity contribution in [1.29, 1.82) is 5.26 Å². The van der Waals surface area contributed by atoms with E-state index >= 15 is 0 Å². The Morgan fingerprint density at radius 3 is 2.61 bits per heavy atom. The Morgan fingerprint density at radius 2 is 1.96 bits per heavy atom. The monoisotopic (exact) mass is 496 g/mol. The van der Waals surface area contributed by atoms with Gasteiger partial charge in [-0.25, -0.2) is 4.98 Å². The molecule has 23 heavy (non-hydrogen) atoms. The molecule has 1 aromatic carbocycles. The fourth-order valence-electron chi connectivity index (χ4n) is 1.52. The van der Waals surface area contributed by atoms with E-state index in [1.165, 1.54) is 6.21 Å². The number of hydrogen-bond donors (Lipinski definition) is 2. The van der Waals surface area contributed by atoms with Crippen LogP contribution in [-0.4, -0.2) is 16.3 Å². The van der Waals surface area contributed by atoms with Crippen LogP contribution in [0, 0.1) is 11.3 Å². The van der Waals surface area contributed by atoms with Crippen molar-refractivity contribution in [2.45, 2.75) is 0 Å². The van der Waals surface area contributed by atoms with E-state index in [1.54, 1.807) is 12.1 Å². The average Bonchev–Trinajstić information content (AvgIpc) is 2.49. The molecule has 0 unspecified atom stereocenters. The van der Waals surface area contributed by atoms with Gasteiger partial charge in [-0.1, -0.05) is 50.7 Å².